The number of imide groups is 1. The molecular weight excluding hydrogens is 478 g/mol. The van der Waals surface area contributed by atoms with Crippen molar-refractivity contribution in [2.75, 3.05) is 18.5 Å². The van der Waals surface area contributed by atoms with Gasteiger partial charge in [-0.05, 0) is 51.8 Å². The minimum Gasteiger partial charge on any atom is -0.486 e. The maximum atomic E-state index is 12.9. The molecule has 3 heterocycles. The van der Waals surface area contributed by atoms with E-state index in [1.165, 1.54) is 23.1 Å². The number of carbonyl (C=O) groups is 3. The Hall–Kier alpha value is -3.72. The van der Waals surface area contributed by atoms with Crippen LogP contribution in [0.3, 0.4) is 0 Å². The van der Waals surface area contributed by atoms with E-state index in [0.717, 1.165) is 5.56 Å². The summed E-state index contributed by atoms with van der Waals surface area (Å²) in [5.74, 6) is -0.105. The lowest BCUT2D eigenvalue weighted by atomic mass is 10.1. The number of halogens is 1. The Morgan fingerprint density at radius 3 is 2.41 bits per heavy atom. The number of benzene rings is 2. The highest BCUT2D eigenvalue weighted by molar-refractivity contribution is 9.10. The smallest absolute Gasteiger partial charge is 0.261 e. The summed E-state index contributed by atoms with van der Waals surface area (Å²) < 4.78 is 11.7. The van der Waals surface area contributed by atoms with Gasteiger partial charge in [-0.25, -0.2) is 0 Å². The highest BCUT2D eigenvalue weighted by Gasteiger charge is 2.36. The number of amides is 3. The summed E-state index contributed by atoms with van der Waals surface area (Å²) in [5.41, 5.74) is 2.04. The Morgan fingerprint density at radius 1 is 0.969 bits per heavy atom. The normalized spacial score (nSPS) is 14.3. The van der Waals surface area contributed by atoms with Crippen molar-refractivity contribution >= 4 is 39.3 Å². The molecule has 0 aliphatic carbocycles. The topological polar surface area (TPSA) is 97.8 Å². The van der Waals surface area contributed by atoms with Crippen molar-refractivity contribution in [1.29, 1.82) is 0 Å². The first-order valence-electron chi connectivity index (χ1n) is 9.81. The Labute approximate surface area is 191 Å². The highest BCUT2D eigenvalue weighted by Crippen LogP contribution is 2.38. The van der Waals surface area contributed by atoms with Gasteiger partial charge in [-0.2, -0.15) is 0 Å². The molecule has 3 aromatic rings. The summed E-state index contributed by atoms with van der Waals surface area (Å²) in [7, 11) is 0. The molecule has 1 N–H and O–H groups in total. The van der Waals surface area contributed by atoms with E-state index in [2.05, 4.69) is 26.2 Å². The van der Waals surface area contributed by atoms with Gasteiger partial charge in [0.25, 0.3) is 17.7 Å². The van der Waals surface area contributed by atoms with Gasteiger partial charge in [-0.3, -0.25) is 24.3 Å². The Balaban J connectivity index is 1.38. The van der Waals surface area contributed by atoms with Crippen LogP contribution in [-0.2, 0) is 6.54 Å². The highest BCUT2D eigenvalue weighted by atomic mass is 79.9. The number of rotatable bonds is 4. The van der Waals surface area contributed by atoms with Gasteiger partial charge in [-0.15, -0.1) is 0 Å². The van der Waals surface area contributed by atoms with Crippen LogP contribution in [0, 0.1) is 0 Å². The first-order valence-corrected chi connectivity index (χ1v) is 10.6. The molecule has 0 bridgehead atoms. The van der Waals surface area contributed by atoms with Crippen molar-refractivity contribution in [3.63, 3.8) is 0 Å². The molecule has 0 fully saturated rings. The van der Waals surface area contributed by atoms with Crippen molar-refractivity contribution in [3.05, 3.63) is 81.6 Å². The predicted octanol–water partition coefficient (Wildman–Crippen LogP) is 3.66. The van der Waals surface area contributed by atoms with Crippen LogP contribution in [0.5, 0.6) is 11.5 Å². The monoisotopic (exact) mass is 493 g/mol. The second-order valence-electron chi connectivity index (χ2n) is 7.24. The standard InChI is InChI=1S/C23H16BrN3O5/c24-17-10-19-20(32-8-7-31-19)11-18(17)26-21(28)14-1-2-15-16(9-14)23(30)27(22(15)29)12-13-3-5-25-6-4-13/h1-6,9-11H,7-8,12H2,(H,26,28). The molecule has 0 unspecified atom stereocenters. The average Bonchev–Trinajstić information content (AvgIpc) is 3.04. The van der Waals surface area contributed by atoms with Gasteiger partial charge in [0.15, 0.2) is 11.5 Å². The van der Waals surface area contributed by atoms with Crippen LogP contribution in [0.15, 0.2) is 59.3 Å². The average molecular weight is 494 g/mol. The van der Waals surface area contributed by atoms with Crippen molar-refractivity contribution in [1.82, 2.24) is 9.88 Å². The lowest BCUT2D eigenvalue weighted by molar-refractivity contribution is 0.0642. The van der Waals surface area contributed by atoms with Crippen LogP contribution >= 0.6 is 15.9 Å². The molecule has 0 saturated heterocycles. The van der Waals surface area contributed by atoms with Crippen molar-refractivity contribution in [2.45, 2.75) is 6.54 Å². The molecule has 32 heavy (non-hydrogen) atoms. The molecule has 3 amide bonds. The van der Waals surface area contributed by atoms with Crippen molar-refractivity contribution in [3.8, 4) is 11.5 Å². The number of hydrogen-bond donors (Lipinski definition) is 1. The number of carbonyl (C=O) groups excluding carboxylic acids is 3. The number of aromatic nitrogens is 1. The van der Waals surface area contributed by atoms with E-state index >= 15 is 0 Å². The summed E-state index contributed by atoms with van der Waals surface area (Å²) >= 11 is 3.42. The third-order valence-corrected chi connectivity index (χ3v) is 5.86. The van der Waals surface area contributed by atoms with Gasteiger partial charge in [0, 0.05) is 34.6 Å². The van der Waals surface area contributed by atoms with Gasteiger partial charge in [0.1, 0.15) is 13.2 Å². The maximum Gasteiger partial charge on any atom is 0.261 e. The number of fused-ring (bicyclic) bond motifs is 2. The van der Waals surface area contributed by atoms with Crippen LogP contribution in [0.25, 0.3) is 0 Å². The number of pyridine rings is 1. The van der Waals surface area contributed by atoms with E-state index in [1.54, 1.807) is 36.7 Å². The molecule has 1 aromatic heterocycles. The number of anilines is 1. The molecule has 9 heteroatoms. The quantitative estimate of drug-likeness (QED) is 0.556. The second kappa shape index (κ2) is 8.08. The molecule has 2 aliphatic heterocycles. The molecule has 0 atom stereocenters. The Kier molecular flexibility index (Phi) is 5.10. The van der Waals surface area contributed by atoms with Crippen LogP contribution < -0.4 is 14.8 Å². The number of nitrogens with one attached hydrogen (secondary N) is 1. The fourth-order valence-electron chi connectivity index (χ4n) is 3.60. The maximum absolute atomic E-state index is 12.9. The molecule has 5 rings (SSSR count). The minimum absolute atomic E-state index is 0.139. The Bertz CT molecular complexity index is 1260. The van der Waals surface area contributed by atoms with Crippen molar-refractivity contribution < 1.29 is 23.9 Å². The lowest BCUT2D eigenvalue weighted by Gasteiger charge is -2.20. The Morgan fingerprint density at radius 2 is 1.66 bits per heavy atom. The van der Waals surface area contributed by atoms with Gasteiger partial charge >= 0.3 is 0 Å². The summed E-state index contributed by atoms with van der Waals surface area (Å²) in [6, 6.07) is 11.4. The van der Waals surface area contributed by atoms with Gasteiger partial charge in [0.2, 0.25) is 0 Å². The molecule has 2 aliphatic rings. The molecule has 2 aromatic carbocycles. The third kappa shape index (κ3) is 3.60. The largest absolute Gasteiger partial charge is 0.486 e. The second-order valence-corrected chi connectivity index (χ2v) is 8.10. The molecular formula is C23H16BrN3O5. The summed E-state index contributed by atoms with van der Waals surface area (Å²) in [6.07, 6.45) is 3.21. The van der Waals surface area contributed by atoms with Crippen LogP contribution in [0.2, 0.25) is 0 Å². The van der Waals surface area contributed by atoms with Gasteiger partial charge in [0.05, 0.1) is 23.4 Å². The summed E-state index contributed by atoms with van der Waals surface area (Å²) in [5, 5.41) is 2.81. The third-order valence-electron chi connectivity index (χ3n) is 5.20. The summed E-state index contributed by atoms with van der Waals surface area (Å²) in [6.45, 7) is 1.03. The fraction of sp³-hybridized carbons (Fsp3) is 0.130. The first-order chi connectivity index (χ1) is 15.5. The fourth-order valence-corrected chi connectivity index (χ4v) is 4.02. The molecule has 0 spiro atoms. The molecule has 160 valence electrons. The lowest BCUT2D eigenvalue weighted by Crippen LogP contribution is -2.29. The molecule has 0 saturated carbocycles. The van der Waals surface area contributed by atoms with E-state index in [-0.39, 0.29) is 29.1 Å². The zero-order valence-corrected chi connectivity index (χ0v) is 18.2. The van der Waals surface area contributed by atoms with Gasteiger partial charge in [-0.1, -0.05) is 0 Å². The van der Waals surface area contributed by atoms with E-state index in [1.807, 2.05) is 0 Å². The van der Waals surface area contributed by atoms with E-state index in [0.29, 0.717) is 34.9 Å². The number of ether oxygens (including phenoxy) is 2. The SMILES string of the molecule is O=C(Nc1cc2c(cc1Br)OCCO2)c1ccc2c(c1)C(=O)N(Cc1ccncc1)C2=O. The number of nitrogens with zero attached hydrogens (tertiary/aromatic N) is 2. The zero-order chi connectivity index (χ0) is 22.2. The van der Waals surface area contributed by atoms with Crippen LogP contribution in [0.4, 0.5) is 5.69 Å². The van der Waals surface area contributed by atoms with Crippen LogP contribution in [0.1, 0.15) is 36.6 Å². The minimum atomic E-state index is -0.433. The van der Waals surface area contributed by atoms with E-state index < -0.39 is 11.8 Å². The molecule has 8 nitrogen and oxygen atoms in total. The van der Waals surface area contributed by atoms with Gasteiger partial charge < -0.3 is 14.8 Å². The van der Waals surface area contributed by atoms with E-state index in [9.17, 15) is 14.4 Å². The van der Waals surface area contributed by atoms with Crippen molar-refractivity contribution in [2.24, 2.45) is 0 Å². The van der Waals surface area contributed by atoms with E-state index in [4.69, 9.17) is 9.47 Å². The predicted molar refractivity (Wildman–Crippen MR) is 118 cm³/mol. The first kappa shape index (κ1) is 20.2. The molecule has 0 radical (unpaired) electrons. The summed E-state index contributed by atoms with van der Waals surface area (Å²) in [4.78, 5) is 43.6. The number of hydrogen-bond acceptors (Lipinski definition) is 6. The van der Waals surface area contributed by atoms with Crippen LogP contribution in [-0.4, -0.2) is 40.8 Å². The zero-order valence-electron chi connectivity index (χ0n) is 16.6.